The third-order valence-corrected chi connectivity index (χ3v) is 6.74. The standard InChI is InChI=1S/C28H33ClN8O2/c1-28(2,3)39-27(38)34-21-13-11-20(12-14-21)33-25-35-24-22(29)17-32-37(24)26(36-25)31-16-18-7-9-19(10-8-18)23-6-4-5-15-30-23/h4-10,15,17,20-21H,11-14,16H2,1-3H3,(H,34,38)(H2,31,33,35,36). The number of nitrogens with one attached hydrogen (secondary N) is 3. The van der Waals surface area contributed by atoms with E-state index in [4.69, 9.17) is 21.3 Å². The second kappa shape index (κ2) is 11.4. The van der Waals surface area contributed by atoms with Gasteiger partial charge in [-0.15, -0.1) is 0 Å². The van der Waals surface area contributed by atoms with Gasteiger partial charge < -0.3 is 20.7 Å². The summed E-state index contributed by atoms with van der Waals surface area (Å²) in [6, 6.07) is 14.4. The molecule has 0 saturated heterocycles. The lowest BCUT2D eigenvalue weighted by molar-refractivity contribution is 0.0492. The van der Waals surface area contributed by atoms with E-state index in [1.54, 1.807) is 16.9 Å². The zero-order valence-electron chi connectivity index (χ0n) is 22.3. The number of ether oxygens (including phenoxy) is 1. The van der Waals surface area contributed by atoms with Gasteiger partial charge in [-0.3, -0.25) is 4.98 Å². The second-order valence-corrected chi connectivity index (χ2v) is 11.1. The van der Waals surface area contributed by atoms with E-state index in [9.17, 15) is 4.79 Å². The number of rotatable bonds is 7. The summed E-state index contributed by atoms with van der Waals surface area (Å²) in [6.07, 6.45) is 6.40. The lowest BCUT2D eigenvalue weighted by Gasteiger charge is -2.30. The number of aromatic nitrogens is 5. The summed E-state index contributed by atoms with van der Waals surface area (Å²) in [5, 5.41) is 14.6. The largest absolute Gasteiger partial charge is 0.444 e. The van der Waals surface area contributed by atoms with Crippen molar-refractivity contribution < 1.29 is 9.53 Å². The number of benzene rings is 1. The molecular formula is C28H33ClN8O2. The van der Waals surface area contributed by atoms with Gasteiger partial charge in [-0.05, 0) is 64.2 Å². The van der Waals surface area contributed by atoms with Crippen LogP contribution in [0, 0.1) is 0 Å². The first-order valence-electron chi connectivity index (χ1n) is 13.1. The van der Waals surface area contributed by atoms with E-state index in [-0.39, 0.29) is 18.2 Å². The Balaban J connectivity index is 1.22. The van der Waals surface area contributed by atoms with Gasteiger partial charge in [0.1, 0.15) is 10.6 Å². The number of hydrogen-bond donors (Lipinski definition) is 3. The Hall–Kier alpha value is -3.92. The second-order valence-electron chi connectivity index (χ2n) is 10.7. The van der Waals surface area contributed by atoms with Crippen molar-refractivity contribution >= 4 is 35.2 Å². The van der Waals surface area contributed by atoms with Gasteiger partial charge in [-0.1, -0.05) is 41.9 Å². The molecule has 0 atom stereocenters. The minimum atomic E-state index is -0.511. The Morgan fingerprint density at radius 1 is 1.05 bits per heavy atom. The van der Waals surface area contributed by atoms with Gasteiger partial charge in [0.15, 0.2) is 5.65 Å². The maximum Gasteiger partial charge on any atom is 0.407 e. The summed E-state index contributed by atoms with van der Waals surface area (Å²) in [5.74, 6) is 1.03. The van der Waals surface area contributed by atoms with Crippen LogP contribution in [0.2, 0.25) is 5.02 Å². The monoisotopic (exact) mass is 548 g/mol. The number of alkyl carbamates (subject to hydrolysis) is 1. The zero-order valence-corrected chi connectivity index (χ0v) is 23.1. The predicted molar refractivity (Wildman–Crippen MR) is 152 cm³/mol. The highest BCUT2D eigenvalue weighted by Gasteiger charge is 2.25. The highest BCUT2D eigenvalue weighted by molar-refractivity contribution is 6.33. The lowest BCUT2D eigenvalue weighted by Crippen LogP contribution is -2.42. The van der Waals surface area contributed by atoms with Crippen molar-refractivity contribution in [3.63, 3.8) is 0 Å². The number of hydrogen-bond acceptors (Lipinski definition) is 8. The van der Waals surface area contributed by atoms with E-state index in [0.29, 0.717) is 29.1 Å². The normalized spacial score (nSPS) is 17.5. The molecule has 1 amide bonds. The van der Waals surface area contributed by atoms with Crippen LogP contribution in [0.5, 0.6) is 0 Å². The van der Waals surface area contributed by atoms with Crippen LogP contribution in [0.4, 0.5) is 16.7 Å². The van der Waals surface area contributed by atoms with E-state index in [1.807, 2.05) is 39.0 Å². The predicted octanol–water partition coefficient (Wildman–Crippen LogP) is 5.70. The highest BCUT2D eigenvalue weighted by Crippen LogP contribution is 2.25. The van der Waals surface area contributed by atoms with Gasteiger partial charge in [-0.25, -0.2) is 4.79 Å². The quantitative estimate of drug-likeness (QED) is 0.269. The maximum absolute atomic E-state index is 12.1. The molecule has 0 aliphatic heterocycles. The van der Waals surface area contributed by atoms with Crippen LogP contribution in [0.3, 0.4) is 0 Å². The first-order valence-corrected chi connectivity index (χ1v) is 13.5. The first-order chi connectivity index (χ1) is 18.7. The summed E-state index contributed by atoms with van der Waals surface area (Å²) in [6.45, 7) is 6.13. The molecule has 3 N–H and O–H groups in total. The molecule has 3 aromatic heterocycles. The molecule has 0 spiro atoms. The summed E-state index contributed by atoms with van der Waals surface area (Å²) in [7, 11) is 0. The molecule has 11 heteroatoms. The van der Waals surface area contributed by atoms with Crippen LogP contribution >= 0.6 is 11.6 Å². The van der Waals surface area contributed by atoms with E-state index in [1.165, 1.54) is 0 Å². The fourth-order valence-corrected chi connectivity index (χ4v) is 4.74. The highest BCUT2D eigenvalue weighted by atomic mass is 35.5. The molecule has 204 valence electrons. The number of nitrogens with zero attached hydrogens (tertiary/aromatic N) is 5. The number of anilines is 2. The third kappa shape index (κ3) is 6.94. The molecule has 39 heavy (non-hydrogen) atoms. The SMILES string of the molecule is CC(C)(C)OC(=O)NC1CCC(Nc2nc(NCc3ccc(-c4ccccn4)cc3)n3ncc(Cl)c3n2)CC1. The summed E-state index contributed by atoms with van der Waals surface area (Å²) >= 11 is 6.38. The molecule has 0 radical (unpaired) electrons. The molecule has 10 nitrogen and oxygen atoms in total. The van der Waals surface area contributed by atoms with Gasteiger partial charge >= 0.3 is 6.09 Å². The zero-order chi connectivity index (χ0) is 27.4. The number of halogens is 1. The summed E-state index contributed by atoms with van der Waals surface area (Å²) < 4.78 is 6.99. The van der Waals surface area contributed by atoms with Crippen LogP contribution in [-0.2, 0) is 11.3 Å². The molecule has 1 saturated carbocycles. The van der Waals surface area contributed by atoms with Crippen molar-refractivity contribution in [2.75, 3.05) is 10.6 Å². The number of amides is 1. The smallest absolute Gasteiger partial charge is 0.407 e. The topological polar surface area (TPSA) is 118 Å². The molecule has 1 aromatic carbocycles. The number of pyridine rings is 1. The van der Waals surface area contributed by atoms with Crippen LogP contribution in [0.1, 0.15) is 52.0 Å². The van der Waals surface area contributed by atoms with E-state index < -0.39 is 5.60 Å². The van der Waals surface area contributed by atoms with Crippen molar-refractivity contribution in [1.82, 2.24) is 29.9 Å². The summed E-state index contributed by atoms with van der Waals surface area (Å²) in [4.78, 5) is 25.8. The molecular weight excluding hydrogens is 516 g/mol. The van der Waals surface area contributed by atoms with Crippen molar-refractivity contribution in [2.45, 2.75) is 70.7 Å². The first kappa shape index (κ1) is 26.7. The average molecular weight is 549 g/mol. The fourth-order valence-electron chi connectivity index (χ4n) is 4.58. The van der Waals surface area contributed by atoms with Crippen LogP contribution < -0.4 is 16.0 Å². The van der Waals surface area contributed by atoms with Crippen LogP contribution in [-0.4, -0.2) is 48.3 Å². The maximum atomic E-state index is 12.1. The van der Waals surface area contributed by atoms with Gasteiger partial charge in [0, 0.05) is 30.4 Å². The molecule has 4 aromatic rings. The van der Waals surface area contributed by atoms with Gasteiger partial charge in [-0.2, -0.15) is 19.6 Å². The Labute approximate surface area is 232 Å². The fraction of sp³-hybridized carbons (Fsp3) is 0.393. The Bertz CT molecular complexity index is 1410. The van der Waals surface area contributed by atoms with Gasteiger partial charge in [0.05, 0.1) is 11.9 Å². The van der Waals surface area contributed by atoms with E-state index >= 15 is 0 Å². The van der Waals surface area contributed by atoms with E-state index in [2.05, 4.69) is 55.3 Å². The third-order valence-electron chi connectivity index (χ3n) is 6.47. The van der Waals surface area contributed by atoms with Gasteiger partial charge in [0.25, 0.3) is 0 Å². The average Bonchev–Trinajstić information content (AvgIpc) is 3.29. The Morgan fingerprint density at radius 3 is 2.49 bits per heavy atom. The molecule has 0 bridgehead atoms. The van der Waals surface area contributed by atoms with Crippen molar-refractivity contribution in [2.24, 2.45) is 0 Å². The Morgan fingerprint density at radius 2 is 1.79 bits per heavy atom. The van der Waals surface area contributed by atoms with Crippen molar-refractivity contribution in [1.29, 1.82) is 0 Å². The van der Waals surface area contributed by atoms with Crippen LogP contribution in [0.25, 0.3) is 16.9 Å². The lowest BCUT2D eigenvalue weighted by atomic mass is 9.91. The van der Waals surface area contributed by atoms with Crippen LogP contribution in [0.15, 0.2) is 54.9 Å². The van der Waals surface area contributed by atoms with Crippen molar-refractivity contribution in [3.05, 3.63) is 65.4 Å². The molecule has 5 rings (SSSR count). The number of carbonyl (C=O) groups is 1. The van der Waals surface area contributed by atoms with E-state index in [0.717, 1.165) is 42.5 Å². The molecule has 3 heterocycles. The van der Waals surface area contributed by atoms with Gasteiger partial charge in [0.2, 0.25) is 11.9 Å². The Kier molecular flexibility index (Phi) is 7.83. The minimum absolute atomic E-state index is 0.0897. The molecule has 1 fully saturated rings. The molecule has 0 unspecified atom stereocenters. The number of fused-ring (bicyclic) bond motifs is 1. The molecule has 1 aliphatic carbocycles. The summed E-state index contributed by atoms with van der Waals surface area (Å²) in [5.41, 5.74) is 3.10. The minimum Gasteiger partial charge on any atom is -0.444 e. The number of carbonyl (C=O) groups excluding carboxylic acids is 1. The van der Waals surface area contributed by atoms with Crippen molar-refractivity contribution in [3.8, 4) is 11.3 Å². The molecule has 1 aliphatic rings.